The van der Waals surface area contributed by atoms with Crippen LogP contribution in [0.1, 0.15) is 67.3 Å². The number of carbonyl (C=O) groups excluding carboxylic acids is 2. The van der Waals surface area contributed by atoms with E-state index in [1.54, 1.807) is 6.92 Å². The number of benzene rings is 1. The Bertz CT molecular complexity index is 1010. The summed E-state index contributed by atoms with van der Waals surface area (Å²) in [5.74, 6) is -2.52. The predicted octanol–water partition coefficient (Wildman–Crippen LogP) is 5.93. The molecule has 0 unspecified atom stereocenters. The van der Waals surface area contributed by atoms with E-state index in [2.05, 4.69) is 31.3 Å². The largest absolute Gasteiger partial charge is 0.481 e. The Morgan fingerprint density at radius 3 is 2.33 bits per heavy atom. The molecular weight excluding hydrogens is 438 g/mol. The number of carboxylic acids is 1. The van der Waals surface area contributed by atoms with Gasteiger partial charge in [0.15, 0.2) is 0 Å². The molecule has 1 amide bonds. The number of ether oxygens (including phenoxy) is 1. The van der Waals surface area contributed by atoms with E-state index in [1.165, 1.54) is 16.9 Å². The van der Waals surface area contributed by atoms with Gasteiger partial charge in [0.2, 0.25) is 5.91 Å². The molecule has 1 saturated carbocycles. The van der Waals surface area contributed by atoms with Crippen LogP contribution in [0.25, 0.3) is 11.1 Å². The number of aliphatic carboxylic acids is 1. The molecule has 1 fully saturated rings. The summed E-state index contributed by atoms with van der Waals surface area (Å²) < 4.78 is 5.33. The maximum absolute atomic E-state index is 13.1. The lowest BCUT2D eigenvalue weighted by Crippen LogP contribution is -2.36. The van der Waals surface area contributed by atoms with Gasteiger partial charge in [-0.25, -0.2) is 4.79 Å². The average molecular weight is 472 g/mol. The van der Waals surface area contributed by atoms with Crippen LogP contribution in [0.3, 0.4) is 0 Å². The SMILES string of the molecule is CCOC(=O)c1c(NC(=O)[C@H]2CCCC[C@H]2C(=O)O)sc(C)c1-c1ccc(CC(C)C)cc1. The number of amides is 1. The van der Waals surface area contributed by atoms with E-state index in [9.17, 15) is 19.5 Å². The van der Waals surface area contributed by atoms with Crippen LogP contribution in [0.15, 0.2) is 24.3 Å². The van der Waals surface area contributed by atoms with Gasteiger partial charge in [-0.2, -0.15) is 0 Å². The van der Waals surface area contributed by atoms with Gasteiger partial charge in [-0.1, -0.05) is 51.0 Å². The molecule has 6 nitrogen and oxygen atoms in total. The molecule has 0 aliphatic heterocycles. The summed E-state index contributed by atoms with van der Waals surface area (Å²) in [6.45, 7) is 8.23. The molecule has 0 saturated heterocycles. The number of esters is 1. The average Bonchev–Trinajstić information content (AvgIpc) is 3.09. The summed E-state index contributed by atoms with van der Waals surface area (Å²) in [5.41, 5.74) is 3.21. The third kappa shape index (κ3) is 5.82. The van der Waals surface area contributed by atoms with Gasteiger partial charge in [0, 0.05) is 10.4 Å². The monoisotopic (exact) mass is 471 g/mol. The molecule has 1 aliphatic carbocycles. The zero-order valence-corrected chi connectivity index (χ0v) is 20.6. The first-order valence-corrected chi connectivity index (χ1v) is 12.5. The highest BCUT2D eigenvalue weighted by Crippen LogP contribution is 2.41. The molecule has 178 valence electrons. The molecular formula is C26H33NO5S. The summed E-state index contributed by atoms with van der Waals surface area (Å²) in [6.07, 6.45) is 3.64. The van der Waals surface area contributed by atoms with Crippen LogP contribution in [0.4, 0.5) is 5.00 Å². The van der Waals surface area contributed by atoms with Crippen LogP contribution in [-0.4, -0.2) is 29.6 Å². The van der Waals surface area contributed by atoms with E-state index in [0.29, 0.717) is 29.3 Å². The Kier molecular flexibility index (Phi) is 8.30. The minimum atomic E-state index is -0.940. The number of hydrogen-bond acceptors (Lipinski definition) is 5. The smallest absolute Gasteiger partial charge is 0.341 e. The van der Waals surface area contributed by atoms with Crippen molar-refractivity contribution in [3.8, 4) is 11.1 Å². The van der Waals surface area contributed by atoms with Gasteiger partial charge in [-0.05, 0) is 50.2 Å². The maximum Gasteiger partial charge on any atom is 0.341 e. The van der Waals surface area contributed by atoms with Crippen LogP contribution >= 0.6 is 11.3 Å². The number of carbonyl (C=O) groups is 3. The first-order valence-electron chi connectivity index (χ1n) is 11.7. The van der Waals surface area contributed by atoms with E-state index in [4.69, 9.17) is 4.74 Å². The summed E-state index contributed by atoms with van der Waals surface area (Å²) >= 11 is 1.33. The normalized spacial score (nSPS) is 18.2. The Labute approximate surface area is 199 Å². The van der Waals surface area contributed by atoms with Crippen molar-refractivity contribution in [2.24, 2.45) is 17.8 Å². The van der Waals surface area contributed by atoms with E-state index in [0.717, 1.165) is 35.3 Å². The second-order valence-electron chi connectivity index (χ2n) is 9.08. The second kappa shape index (κ2) is 11.0. The second-order valence-corrected chi connectivity index (χ2v) is 10.3. The molecule has 1 aliphatic rings. The Balaban J connectivity index is 1.96. The number of rotatable bonds is 8. The fourth-order valence-electron chi connectivity index (χ4n) is 4.60. The fourth-order valence-corrected chi connectivity index (χ4v) is 5.67. The van der Waals surface area contributed by atoms with Crippen LogP contribution in [-0.2, 0) is 20.7 Å². The summed E-state index contributed by atoms with van der Waals surface area (Å²) in [5, 5.41) is 12.9. The number of anilines is 1. The first-order chi connectivity index (χ1) is 15.7. The molecule has 7 heteroatoms. The minimum absolute atomic E-state index is 0.220. The molecule has 1 heterocycles. The standard InChI is InChI=1S/C26H33NO5S/c1-5-32-26(31)22-21(18-12-10-17(11-13-18)14-15(2)3)16(4)33-24(22)27-23(28)19-8-6-7-9-20(19)25(29)30/h10-13,15,19-20H,5-9,14H2,1-4H3,(H,27,28)(H,29,30)/t19-,20+/m0/s1. The highest BCUT2D eigenvalue weighted by atomic mass is 32.1. The van der Waals surface area contributed by atoms with Crippen molar-refractivity contribution in [3.05, 3.63) is 40.3 Å². The molecule has 0 spiro atoms. The van der Waals surface area contributed by atoms with Gasteiger partial charge >= 0.3 is 11.9 Å². The minimum Gasteiger partial charge on any atom is -0.481 e. The van der Waals surface area contributed by atoms with Crippen molar-refractivity contribution in [3.63, 3.8) is 0 Å². The summed E-state index contributed by atoms with van der Waals surface area (Å²) in [6, 6.07) is 8.14. The van der Waals surface area contributed by atoms with Crippen molar-refractivity contribution >= 4 is 34.2 Å². The Hall–Kier alpha value is -2.67. The van der Waals surface area contributed by atoms with Crippen molar-refractivity contribution < 1.29 is 24.2 Å². The zero-order chi connectivity index (χ0) is 24.1. The van der Waals surface area contributed by atoms with E-state index >= 15 is 0 Å². The lowest BCUT2D eigenvalue weighted by Gasteiger charge is -2.27. The highest BCUT2D eigenvalue weighted by Gasteiger charge is 2.37. The summed E-state index contributed by atoms with van der Waals surface area (Å²) in [7, 11) is 0. The van der Waals surface area contributed by atoms with Crippen LogP contribution in [0.2, 0.25) is 0 Å². The lowest BCUT2D eigenvalue weighted by molar-refractivity contribution is -0.147. The van der Waals surface area contributed by atoms with Crippen LogP contribution in [0, 0.1) is 24.7 Å². The highest BCUT2D eigenvalue weighted by molar-refractivity contribution is 7.17. The van der Waals surface area contributed by atoms with Gasteiger partial charge < -0.3 is 15.2 Å². The van der Waals surface area contributed by atoms with E-state index in [-0.39, 0.29) is 12.5 Å². The van der Waals surface area contributed by atoms with Crippen molar-refractivity contribution in [2.45, 2.75) is 59.8 Å². The molecule has 3 rings (SSSR count). The number of thiophene rings is 1. The zero-order valence-electron chi connectivity index (χ0n) is 19.8. The Morgan fingerprint density at radius 1 is 1.12 bits per heavy atom. The van der Waals surface area contributed by atoms with E-state index < -0.39 is 23.8 Å². The number of aryl methyl sites for hydroxylation is 1. The third-order valence-corrected chi connectivity index (χ3v) is 7.13. The molecule has 0 bridgehead atoms. The number of nitrogens with one attached hydrogen (secondary N) is 1. The van der Waals surface area contributed by atoms with Gasteiger partial charge in [-0.3, -0.25) is 9.59 Å². The quantitative estimate of drug-likeness (QED) is 0.466. The number of carboxylic acid groups (broad SMARTS) is 1. The molecule has 1 aromatic heterocycles. The van der Waals surface area contributed by atoms with Gasteiger partial charge in [0.05, 0.1) is 18.4 Å². The van der Waals surface area contributed by atoms with Gasteiger partial charge in [0.25, 0.3) is 0 Å². The molecule has 2 N–H and O–H groups in total. The van der Waals surface area contributed by atoms with Crippen molar-refractivity contribution in [1.29, 1.82) is 0 Å². The summed E-state index contributed by atoms with van der Waals surface area (Å²) in [4.78, 5) is 38.6. The topological polar surface area (TPSA) is 92.7 Å². The fraction of sp³-hybridized carbons (Fsp3) is 0.500. The first kappa shape index (κ1) is 25.0. The molecule has 33 heavy (non-hydrogen) atoms. The Morgan fingerprint density at radius 2 is 1.76 bits per heavy atom. The van der Waals surface area contributed by atoms with Crippen molar-refractivity contribution in [2.75, 3.05) is 11.9 Å². The number of hydrogen-bond donors (Lipinski definition) is 2. The van der Waals surface area contributed by atoms with Crippen LogP contribution < -0.4 is 5.32 Å². The van der Waals surface area contributed by atoms with Crippen LogP contribution in [0.5, 0.6) is 0 Å². The lowest BCUT2D eigenvalue weighted by atomic mass is 9.78. The molecule has 2 aromatic rings. The van der Waals surface area contributed by atoms with Gasteiger partial charge in [-0.15, -0.1) is 11.3 Å². The maximum atomic E-state index is 13.1. The third-order valence-electron chi connectivity index (χ3n) is 6.11. The van der Waals surface area contributed by atoms with E-state index in [1.807, 2.05) is 19.1 Å². The molecule has 1 aromatic carbocycles. The van der Waals surface area contributed by atoms with Gasteiger partial charge in [0.1, 0.15) is 10.6 Å². The molecule has 2 atom stereocenters. The predicted molar refractivity (Wildman–Crippen MR) is 131 cm³/mol. The van der Waals surface area contributed by atoms with Crippen molar-refractivity contribution in [1.82, 2.24) is 0 Å². The molecule has 0 radical (unpaired) electrons.